The van der Waals surface area contributed by atoms with Gasteiger partial charge < -0.3 is 9.84 Å². The van der Waals surface area contributed by atoms with Crippen molar-refractivity contribution in [2.45, 2.75) is 19.4 Å². The van der Waals surface area contributed by atoms with Crippen LogP contribution < -0.4 is 4.74 Å². The van der Waals surface area contributed by atoms with Gasteiger partial charge in [-0.25, -0.2) is 8.78 Å². The number of hydrogen-bond acceptors (Lipinski definition) is 2. The summed E-state index contributed by atoms with van der Waals surface area (Å²) in [6.45, 7) is 1.68. The molecule has 1 aromatic rings. The molecule has 1 rings (SSSR count). The molecule has 0 amide bonds. The van der Waals surface area contributed by atoms with Gasteiger partial charge in [-0.2, -0.15) is 0 Å². The molecule has 0 saturated heterocycles. The summed E-state index contributed by atoms with van der Waals surface area (Å²) in [5.41, 5.74) is 0. The lowest BCUT2D eigenvalue weighted by atomic mass is 10.3. The lowest BCUT2D eigenvalue weighted by molar-refractivity contribution is 0.163. The summed E-state index contributed by atoms with van der Waals surface area (Å²) >= 11 is 0. The zero-order valence-corrected chi connectivity index (χ0v) is 7.84. The molecule has 0 saturated carbocycles. The van der Waals surface area contributed by atoms with Crippen LogP contribution in [0.2, 0.25) is 0 Å². The van der Waals surface area contributed by atoms with Crippen LogP contribution in [-0.4, -0.2) is 17.8 Å². The monoisotopic (exact) mass is 202 g/mol. The minimum Gasteiger partial charge on any atom is -0.488 e. The Labute approximate surface area is 81.1 Å². The highest BCUT2D eigenvalue weighted by molar-refractivity contribution is 5.24. The predicted octanol–water partition coefficient (Wildman–Crippen LogP) is 2.11. The lowest BCUT2D eigenvalue weighted by Gasteiger charge is -2.13. The van der Waals surface area contributed by atoms with Gasteiger partial charge in [-0.15, -0.1) is 0 Å². The molecule has 14 heavy (non-hydrogen) atoms. The van der Waals surface area contributed by atoms with Crippen LogP contribution in [0, 0.1) is 11.6 Å². The number of aliphatic hydroxyl groups excluding tert-OH is 1. The highest BCUT2D eigenvalue weighted by Gasteiger charge is 2.08. The standard InChI is InChI=1S/C10H12F2O2/c1-7(4-5-13)14-10-3-2-8(11)6-9(10)12/h2-3,6-7,13H,4-5H2,1H3. The molecule has 0 aliphatic rings. The number of ether oxygens (including phenoxy) is 1. The summed E-state index contributed by atoms with van der Waals surface area (Å²) in [7, 11) is 0. The van der Waals surface area contributed by atoms with E-state index in [2.05, 4.69) is 0 Å². The van der Waals surface area contributed by atoms with Crippen LogP contribution in [0.4, 0.5) is 8.78 Å². The maximum atomic E-state index is 13.0. The van der Waals surface area contributed by atoms with E-state index in [1.165, 1.54) is 6.07 Å². The molecule has 2 nitrogen and oxygen atoms in total. The molecule has 1 N–H and O–H groups in total. The van der Waals surface area contributed by atoms with Gasteiger partial charge in [0.2, 0.25) is 0 Å². The molecule has 1 aromatic carbocycles. The molecule has 1 atom stereocenters. The van der Waals surface area contributed by atoms with Crippen molar-refractivity contribution in [2.24, 2.45) is 0 Å². The Kier molecular flexibility index (Phi) is 3.83. The molecule has 0 aromatic heterocycles. The predicted molar refractivity (Wildman–Crippen MR) is 48.2 cm³/mol. The Hall–Kier alpha value is -1.16. The van der Waals surface area contributed by atoms with Gasteiger partial charge in [0.1, 0.15) is 5.82 Å². The maximum Gasteiger partial charge on any atom is 0.167 e. The van der Waals surface area contributed by atoms with Crippen molar-refractivity contribution >= 4 is 0 Å². The Balaban J connectivity index is 2.67. The van der Waals surface area contributed by atoms with E-state index in [0.29, 0.717) is 6.42 Å². The van der Waals surface area contributed by atoms with Crippen molar-refractivity contribution in [3.63, 3.8) is 0 Å². The zero-order chi connectivity index (χ0) is 10.6. The van der Waals surface area contributed by atoms with Gasteiger partial charge >= 0.3 is 0 Å². The largest absolute Gasteiger partial charge is 0.488 e. The normalized spacial score (nSPS) is 12.6. The fourth-order valence-corrected chi connectivity index (χ4v) is 1.03. The Morgan fingerprint density at radius 1 is 1.43 bits per heavy atom. The first-order valence-corrected chi connectivity index (χ1v) is 4.36. The van der Waals surface area contributed by atoms with E-state index < -0.39 is 11.6 Å². The first-order chi connectivity index (χ1) is 6.63. The van der Waals surface area contributed by atoms with E-state index >= 15 is 0 Å². The highest BCUT2D eigenvalue weighted by atomic mass is 19.1. The van der Waals surface area contributed by atoms with E-state index in [9.17, 15) is 8.78 Å². The second-order valence-electron chi connectivity index (χ2n) is 3.02. The van der Waals surface area contributed by atoms with Gasteiger partial charge in [0, 0.05) is 19.1 Å². The Morgan fingerprint density at radius 3 is 2.71 bits per heavy atom. The first kappa shape index (κ1) is 10.9. The summed E-state index contributed by atoms with van der Waals surface area (Å²) in [5, 5.41) is 8.59. The summed E-state index contributed by atoms with van der Waals surface area (Å²) in [4.78, 5) is 0. The van der Waals surface area contributed by atoms with Gasteiger partial charge in [0.25, 0.3) is 0 Å². The van der Waals surface area contributed by atoms with E-state index in [1.807, 2.05) is 0 Å². The quantitative estimate of drug-likeness (QED) is 0.810. The second kappa shape index (κ2) is 4.91. The minimum atomic E-state index is -0.727. The molecule has 0 bridgehead atoms. The molecule has 4 heteroatoms. The number of benzene rings is 1. The number of aliphatic hydroxyl groups is 1. The van der Waals surface area contributed by atoms with Crippen LogP contribution >= 0.6 is 0 Å². The van der Waals surface area contributed by atoms with Crippen LogP contribution in [0.1, 0.15) is 13.3 Å². The molecule has 0 aliphatic heterocycles. The number of hydrogen-bond donors (Lipinski definition) is 1. The average Bonchev–Trinajstić information content (AvgIpc) is 2.10. The van der Waals surface area contributed by atoms with E-state index in [-0.39, 0.29) is 18.5 Å². The number of rotatable bonds is 4. The van der Waals surface area contributed by atoms with Crippen LogP contribution in [0.15, 0.2) is 18.2 Å². The third-order valence-electron chi connectivity index (χ3n) is 1.76. The molecule has 0 fully saturated rings. The Bertz CT molecular complexity index is 302. The van der Waals surface area contributed by atoms with Crippen molar-refractivity contribution < 1.29 is 18.6 Å². The minimum absolute atomic E-state index is 0.00681. The third kappa shape index (κ3) is 2.96. The molecule has 0 radical (unpaired) electrons. The first-order valence-electron chi connectivity index (χ1n) is 4.36. The van der Waals surface area contributed by atoms with Crippen molar-refractivity contribution in [3.05, 3.63) is 29.8 Å². The fraction of sp³-hybridized carbons (Fsp3) is 0.400. The van der Waals surface area contributed by atoms with Crippen molar-refractivity contribution in [1.29, 1.82) is 0 Å². The summed E-state index contributed by atoms with van der Waals surface area (Å²) in [6, 6.07) is 3.13. The van der Waals surface area contributed by atoms with Crippen molar-refractivity contribution in [2.75, 3.05) is 6.61 Å². The fourth-order valence-electron chi connectivity index (χ4n) is 1.03. The summed E-state index contributed by atoms with van der Waals surface area (Å²) in [5.74, 6) is -1.35. The van der Waals surface area contributed by atoms with E-state index in [1.54, 1.807) is 6.92 Å². The smallest absolute Gasteiger partial charge is 0.167 e. The van der Waals surface area contributed by atoms with Crippen LogP contribution in [-0.2, 0) is 0 Å². The molecule has 0 heterocycles. The third-order valence-corrected chi connectivity index (χ3v) is 1.76. The highest BCUT2D eigenvalue weighted by Crippen LogP contribution is 2.19. The summed E-state index contributed by atoms with van der Waals surface area (Å²) in [6.07, 6.45) is 0.122. The lowest BCUT2D eigenvalue weighted by Crippen LogP contribution is -2.14. The van der Waals surface area contributed by atoms with Gasteiger partial charge in [0.05, 0.1) is 6.10 Å². The van der Waals surface area contributed by atoms with Crippen LogP contribution in [0.3, 0.4) is 0 Å². The average molecular weight is 202 g/mol. The molecule has 1 unspecified atom stereocenters. The maximum absolute atomic E-state index is 13.0. The van der Waals surface area contributed by atoms with Crippen molar-refractivity contribution in [3.8, 4) is 5.75 Å². The molecular weight excluding hydrogens is 190 g/mol. The topological polar surface area (TPSA) is 29.5 Å². The van der Waals surface area contributed by atoms with Crippen molar-refractivity contribution in [1.82, 2.24) is 0 Å². The van der Waals surface area contributed by atoms with Gasteiger partial charge in [-0.05, 0) is 19.1 Å². The van der Waals surface area contributed by atoms with Crippen LogP contribution in [0.5, 0.6) is 5.75 Å². The number of halogens is 2. The van der Waals surface area contributed by atoms with Gasteiger partial charge in [-0.1, -0.05) is 0 Å². The molecule has 0 spiro atoms. The molecule has 0 aliphatic carbocycles. The van der Waals surface area contributed by atoms with E-state index in [0.717, 1.165) is 12.1 Å². The van der Waals surface area contributed by atoms with Gasteiger partial charge in [-0.3, -0.25) is 0 Å². The van der Waals surface area contributed by atoms with E-state index in [4.69, 9.17) is 9.84 Å². The molecule has 78 valence electrons. The van der Waals surface area contributed by atoms with Crippen LogP contribution in [0.25, 0.3) is 0 Å². The SMILES string of the molecule is CC(CCO)Oc1ccc(F)cc1F. The van der Waals surface area contributed by atoms with Gasteiger partial charge in [0.15, 0.2) is 11.6 Å². The zero-order valence-electron chi connectivity index (χ0n) is 7.84. The second-order valence-corrected chi connectivity index (χ2v) is 3.02. The molecular formula is C10H12F2O2. The summed E-state index contributed by atoms with van der Waals surface area (Å²) < 4.78 is 30.7. The Morgan fingerprint density at radius 2 is 2.14 bits per heavy atom.